The molecule has 7 heteroatoms. The molecule has 0 saturated heterocycles. The lowest BCUT2D eigenvalue weighted by Crippen LogP contribution is -2.60. The molecule has 0 aliphatic heterocycles. The van der Waals surface area contributed by atoms with E-state index in [1.165, 1.54) is 6.92 Å². The minimum absolute atomic E-state index is 0.0927. The molecule has 0 aliphatic carbocycles. The number of nitrogens with zero attached hydrogens (tertiary/aromatic N) is 1. The van der Waals surface area contributed by atoms with Crippen LogP contribution in [0.1, 0.15) is 18.2 Å². The Morgan fingerprint density at radius 3 is 2.42 bits per heavy atom. The number of benzene rings is 1. The molecule has 1 heterocycles. The van der Waals surface area contributed by atoms with Crippen molar-refractivity contribution in [2.45, 2.75) is 31.3 Å². The average Bonchev–Trinajstić information content (AvgIpc) is 2.62. The Hall–Kier alpha value is -2.93. The smallest absolute Gasteiger partial charge is 0.405 e. The summed E-state index contributed by atoms with van der Waals surface area (Å²) in [4.78, 5) is 28.1. The van der Waals surface area contributed by atoms with Gasteiger partial charge in [-0.2, -0.15) is 0 Å². The van der Waals surface area contributed by atoms with Crippen molar-refractivity contribution in [1.29, 1.82) is 0 Å². The van der Waals surface area contributed by atoms with Crippen LogP contribution in [0.3, 0.4) is 0 Å². The molecule has 0 fully saturated rings. The molecule has 0 saturated carbocycles. The molecule has 0 spiro atoms. The highest BCUT2D eigenvalue weighted by atomic mass is 16.4. The molecule has 0 bridgehead atoms. The van der Waals surface area contributed by atoms with Crippen molar-refractivity contribution in [2.24, 2.45) is 0 Å². The second-order valence-corrected chi connectivity index (χ2v) is 6.30. The molecule has 1 aromatic carbocycles. The predicted molar refractivity (Wildman–Crippen MR) is 96.7 cm³/mol. The number of amides is 2. The highest BCUT2D eigenvalue weighted by Gasteiger charge is 2.36. The van der Waals surface area contributed by atoms with E-state index < -0.39 is 23.6 Å². The summed E-state index contributed by atoms with van der Waals surface area (Å²) in [7, 11) is 0. The van der Waals surface area contributed by atoms with E-state index in [4.69, 9.17) is 5.11 Å². The highest BCUT2D eigenvalue weighted by molar-refractivity contribution is 5.89. The van der Waals surface area contributed by atoms with E-state index in [1.54, 1.807) is 24.4 Å². The number of aliphatic hydroxyl groups is 1. The Kier molecular flexibility index (Phi) is 6.68. The van der Waals surface area contributed by atoms with Crippen molar-refractivity contribution >= 4 is 12.0 Å². The van der Waals surface area contributed by atoms with Gasteiger partial charge in [0, 0.05) is 18.3 Å². The Labute approximate surface area is 152 Å². The molecule has 7 nitrogen and oxygen atoms in total. The summed E-state index contributed by atoms with van der Waals surface area (Å²) in [5, 5.41) is 23.8. The van der Waals surface area contributed by atoms with Gasteiger partial charge >= 0.3 is 6.09 Å². The summed E-state index contributed by atoms with van der Waals surface area (Å²) in [6.45, 7) is 1.25. The van der Waals surface area contributed by atoms with Crippen LogP contribution in [0.4, 0.5) is 4.79 Å². The molecular formula is C19H23N3O4. The van der Waals surface area contributed by atoms with E-state index in [0.29, 0.717) is 12.1 Å². The monoisotopic (exact) mass is 357 g/mol. The van der Waals surface area contributed by atoms with Crippen LogP contribution in [0.2, 0.25) is 0 Å². The van der Waals surface area contributed by atoms with Gasteiger partial charge in [-0.05, 0) is 31.0 Å². The van der Waals surface area contributed by atoms with Gasteiger partial charge in [0.25, 0.3) is 0 Å². The van der Waals surface area contributed by atoms with Crippen molar-refractivity contribution in [1.82, 2.24) is 15.6 Å². The van der Waals surface area contributed by atoms with Crippen molar-refractivity contribution in [2.75, 3.05) is 6.61 Å². The number of carbonyl (C=O) groups is 2. The molecule has 2 unspecified atom stereocenters. The van der Waals surface area contributed by atoms with Crippen LogP contribution in [0.5, 0.6) is 0 Å². The zero-order chi connectivity index (χ0) is 19.0. The standard InChI is InChI=1S/C19H23N3O4/c1-19(22-18(25)26,12-15-9-5-6-10-20-15)17(24)21-16(13-23)11-14-7-3-2-4-8-14/h2-10,16,22-23H,11-13H2,1H3,(H,21,24)(H,25,26). The van der Waals surface area contributed by atoms with Crippen LogP contribution in [0.15, 0.2) is 54.7 Å². The molecule has 2 aromatic rings. The van der Waals surface area contributed by atoms with E-state index in [1.807, 2.05) is 30.3 Å². The van der Waals surface area contributed by atoms with E-state index >= 15 is 0 Å². The first kappa shape index (κ1) is 19.4. The summed E-state index contributed by atoms with van der Waals surface area (Å²) in [6, 6.07) is 14.2. The van der Waals surface area contributed by atoms with Crippen molar-refractivity contribution in [3.05, 3.63) is 66.0 Å². The lowest BCUT2D eigenvalue weighted by Gasteiger charge is -2.30. The maximum absolute atomic E-state index is 12.8. The summed E-state index contributed by atoms with van der Waals surface area (Å²) in [6.07, 6.45) is 0.813. The second-order valence-electron chi connectivity index (χ2n) is 6.30. The SMILES string of the molecule is CC(Cc1ccccn1)(NC(=O)O)C(=O)NC(CO)Cc1ccccc1. The van der Waals surface area contributed by atoms with Gasteiger partial charge in [0.15, 0.2) is 0 Å². The molecule has 2 amide bonds. The van der Waals surface area contributed by atoms with E-state index in [0.717, 1.165) is 5.56 Å². The summed E-state index contributed by atoms with van der Waals surface area (Å²) in [5.74, 6) is -0.513. The maximum atomic E-state index is 12.8. The number of pyridine rings is 1. The fraction of sp³-hybridized carbons (Fsp3) is 0.316. The lowest BCUT2D eigenvalue weighted by atomic mass is 9.93. The zero-order valence-electron chi connectivity index (χ0n) is 14.6. The third-order valence-corrected chi connectivity index (χ3v) is 4.03. The largest absolute Gasteiger partial charge is 0.465 e. The normalized spacial score (nSPS) is 14.1. The molecule has 4 N–H and O–H groups in total. The molecule has 2 rings (SSSR count). The maximum Gasteiger partial charge on any atom is 0.405 e. The first-order valence-corrected chi connectivity index (χ1v) is 8.30. The summed E-state index contributed by atoms with van der Waals surface area (Å²) >= 11 is 0. The number of aliphatic hydroxyl groups excluding tert-OH is 1. The number of rotatable bonds is 8. The van der Waals surface area contributed by atoms with Crippen LogP contribution in [0.25, 0.3) is 0 Å². The van der Waals surface area contributed by atoms with Crippen LogP contribution in [0, 0.1) is 0 Å². The van der Waals surface area contributed by atoms with Gasteiger partial charge in [0.2, 0.25) is 5.91 Å². The van der Waals surface area contributed by atoms with Crippen molar-refractivity contribution in [3.8, 4) is 0 Å². The molecule has 138 valence electrons. The first-order chi connectivity index (χ1) is 12.4. The summed E-state index contributed by atoms with van der Waals surface area (Å²) < 4.78 is 0. The zero-order valence-corrected chi connectivity index (χ0v) is 14.6. The van der Waals surface area contributed by atoms with Gasteiger partial charge in [-0.25, -0.2) is 4.79 Å². The predicted octanol–water partition coefficient (Wildman–Crippen LogP) is 1.37. The topological polar surface area (TPSA) is 112 Å². The van der Waals surface area contributed by atoms with Gasteiger partial charge in [-0.3, -0.25) is 9.78 Å². The second kappa shape index (κ2) is 8.96. The van der Waals surface area contributed by atoms with Crippen molar-refractivity contribution in [3.63, 3.8) is 0 Å². The third-order valence-electron chi connectivity index (χ3n) is 4.03. The van der Waals surface area contributed by atoms with Gasteiger partial charge in [0.1, 0.15) is 5.54 Å². The van der Waals surface area contributed by atoms with E-state index in [2.05, 4.69) is 15.6 Å². The minimum Gasteiger partial charge on any atom is -0.465 e. The summed E-state index contributed by atoms with van der Waals surface area (Å²) in [5.41, 5.74) is 0.136. The average molecular weight is 357 g/mol. The van der Waals surface area contributed by atoms with Gasteiger partial charge in [0.05, 0.1) is 12.6 Å². The van der Waals surface area contributed by atoms with Crippen LogP contribution in [-0.4, -0.2) is 45.4 Å². The number of carbonyl (C=O) groups excluding carboxylic acids is 1. The first-order valence-electron chi connectivity index (χ1n) is 8.30. The van der Waals surface area contributed by atoms with Crippen LogP contribution >= 0.6 is 0 Å². The molecular weight excluding hydrogens is 334 g/mol. The number of nitrogens with one attached hydrogen (secondary N) is 2. The third kappa shape index (κ3) is 5.56. The van der Waals surface area contributed by atoms with E-state index in [-0.39, 0.29) is 13.0 Å². The van der Waals surface area contributed by atoms with Gasteiger partial charge in [-0.15, -0.1) is 0 Å². The number of hydrogen-bond donors (Lipinski definition) is 4. The molecule has 0 aliphatic rings. The van der Waals surface area contributed by atoms with E-state index in [9.17, 15) is 14.7 Å². The van der Waals surface area contributed by atoms with Gasteiger partial charge in [-0.1, -0.05) is 36.4 Å². The van der Waals surface area contributed by atoms with Crippen molar-refractivity contribution < 1.29 is 19.8 Å². The number of aromatic nitrogens is 1. The lowest BCUT2D eigenvalue weighted by molar-refractivity contribution is -0.127. The number of hydrogen-bond acceptors (Lipinski definition) is 4. The number of carboxylic acid groups (broad SMARTS) is 1. The molecule has 2 atom stereocenters. The minimum atomic E-state index is -1.41. The molecule has 0 radical (unpaired) electrons. The Morgan fingerprint density at radius 1 is 1.15 bits per heavy atom. The molecule has 26 heavy (non-hydrogen) atoms. The Bertz CT molecular complexity index is 724. The fourth-order valence-corrected chi connectivity index (χ4v) is 2.69. The Balaban J connectivity index is 2.12. The fourth-order valence-electron chi connectivity index (χ4n) is 2.69. The van der Waals surface area contributed by atoms with Gasteiger partial charge < -0.3 is 20.8 Å². The highest BCUT2D eigenvalue weighted by Crippen LogP contribution is 2.13. The quantitative estimate of drug-likeness (QED) is 0.570. The van der Waals surface area contributed by atoms with Crippen LogP contribution < -0.4 is 10.6 Å². The molecule has 1 aromatic heterocycles. The van der Waals surface area contributed by atoms with Crippen LogP contribution in [-0.2, 0) is 17.6 Å². The Morgan fingerprint density at radius 2 is 1.85 bits per heavy atom.